The average Bonchev–Trinajstić information content (AvgIpc) is 3.20. The van der Waals surface area contributed by atoms with Gasteiger partial charge in [0.05, 0.1) is 17.7 Å². The highest BCUT2D eigenvalue weighted by Crippen LogP contribution is 2.30. The maximum Gasteiger partial charge on any atom is 0.374 e. The van der Waals surface area contributed by atoms with E-state index in [1.807, 2.05) is 11.4 Å². The van der Waals surface area contributed by atoms with Crippen LogP contribution in [-0.4, -0.2) is 24.7 Å². The number of methoxy groups -OCH3 is 1. The molecule has 0 aliphatic heterocycles. The number of ether oxygens (including phenoxy) is 1. The third-order valence-electron chi connectivity index (χ3n) is 3.73. The van der Waals surface area contributed by atoms with Crippen molar-refractivity contribution in [1.82, 2.24) is 5.43 Å². The molecule has 23 heavy (non-hydrogen) atoms. The molecule has 0 unspecified atom stereocenters. The molecule has 1 aliphatic rings. The van der Waals surface area contributed by atoms with Crippen LogP contribution in [0.2, 0.25) is 0 Å². The summed E-state index contributed by atoms with van der Waals surface area (Å²) in [5, 5.41) is 6.09. The molecule has 2 aromatic rings. The van der Waals surface area contributed by atoms with Crippen LogP contribution >= 0.6 is 11.3 Å². The predicted octanol–water partition coefficient (Wildman–Crippen LogP) is 2.91. The van der Waals surface area contributed by atoms with E-state index in [4.69, 9.17) is 9.15 Å². The maximum atomic E-state index is 12.0. The summed E-state index contributed by atoms with van der Waals surface area (Å²) in [5.41, 5.74) is 4.82. The van der Waals surface area contributed by atoms with E-state index < -0.39 is 5.97 Å². The van der Waals surface area contributed by atoms with Gasteiger partial charge >= 0.3 is 5.97 Å². The number of rotatable bonds is 3. The van der Waals surface area contributed by atoms with Crippen LogP contribution in [0.4, 0.5) is 0 Å². The Kier molecular flexibility index (Phi) is 4.29. The largest absolute Gasteiger partial charge is 0.463 e. The number of fused-ring (bicyclic) bond motifs is 1. The van der Waals surface area contributed by atoms with Crippen LogP contribution in [0, 0.1) is 6.92 Å². The standard InChI is InChI=1S/C16H16N2O4S/c1-9-13-10(17-18-15(19)12-7-4-8-23-12)5-3-6-11(13)22-14(9)16(20)21-2/h4,7-8H,3,5-6H2,1-2H3,(H,18,19)/b17-10+. The minimum absolute atomic E-state index is 0.205. The number of carbonyl (C=O) groups is 2. The van der Waals surface area contributed by atoms with Crippen molar-refractivity contribution in [3.05, 3.63) is 45.0 Å². The molecule has 0 atom stereocenters. The zero-order valence-corrected chi connectivity index (χ0v) is 13.7. The number of hydrazone groups is 1. The topological polar surface area (TPSA) is 80.9 Å². The lowest BCUT2D eigenvalue weighted by Crippen LogP contribution is -2.21. The number of thiophene rings is 1. The van der Waals surface area contributed by atoms with E-state index in [9.17, 15) is 9.59 Å². The van der Waals surface area contributed by atoms with Gasteiger partial charge in [-0.25, -0.2) is 10.2 Å². The fourth-order valence-corrected chi connectivity index (χ4v) is 3.26. The Morgan fingerprint density at radius 3 is 2.91 bits per heavy atom. The molecule has 2 heterocycles. The average molecular weight is 332 g/mol. The van der Waals surface area contributed by atoms with Crippen molar-refractivity contribution in [2.45, 2.75) is 26.2 Å². The number of aryl methyl sites for hydroxylation is 1. The molecule has 0 saturated heterocycles. The second-order valence-corrected chi connectivity index (χ2v) is 6.12. The Labute approximate surface area is 137 Å². The summed E-state index contributed by atoms with van der Waals surface area (Å²) in [7, 11) is 1.32. The molecule has 0 fully saturated rings. The first-order chi connectivity index (χ1) is 11.1. The molecule has 0 aromatic carbocycles. The Morgan fingerprint density at radius 1 is 1.39 bits per heavy atom. The highest BCUT2D eigenvalue weighted by Gasteiger charge is 2.28. The number of esters is 1. The summed E-state index contributed by atoms with van der Waals surface area (Å²) in [4.78, 5) is 24.4. The second kappa shape index (κ2) is 6.37. The van der Waals surface area contributed by atoms with E-state index in [2.05, 4.69) is 10.5 Å². The highest BCUT2D eigenvalue weighted by atomic mass is 32.1. The van der Waals surface area contributed by atoms with Gasteiger partial charge in [-0.05, 0) is 31.2 Å². The molecule has 0 bridgehead atoms. The molecule has 1 N–H and O–H groups in total. The van der Waals surface area contributed by atoms with Gasteiger partial charge in [0.1, 0.15) is 5.76 Å². The number of furan rings is 1. The monoisotopic (exact) mass is 332 g/mol. The molecule has 7 heteroatoms. The minimum atomic E-state index is -0.501. The van der Waals surface area contributed by atoms with Crippen LogP contribution in [0.15, 0.2) is 27.0 Å². The number of nitrogens with zero attached hydrogens (tertiary/aromatic N) is 1. The lowest BCUT2D eigenvalue weighted by Gasteiger charge is -2.13. The van der Waals surface area contributed by atoms with E-state index in [0.29, 0.717) is 10.4 Å². The number of carbonyl (C=O) groups excluding carboxylic acids is 2. The SMILES string of the molecule is COC(=O)c1oc2c(c1C)/C(=N/NC(=O)c1cccs1)CCC2. The van der Waals surface area contributed by atoms with Gasteiger partial charge in [0, 0.05) is 17.5 Å². The lowest BCUT2D eigenvalue weighted by atomic mass is 9.93. The van der Waals surface area contributed by atoms with E-state index >= 15 is 0 Å². The summed E-state index contributed by atoms with van der Waals surface area (Å²) >= 11 is 1.36. The maximum absolute atomic E-state index is 12.0. The molecule has 1 aliphatic carbocycles. The number of amides is 1. The fraction of sp³-hybridized carbons (Fsp3) is 0.312. The first-order valence-corrected chi connectivity index (χ1v) is 8.11. The molecule has 6 nitrogen and oxygen atoms in total. The van der Waals surface area contributed by atoms with Crippen molar-refractivity contribution in [2.75, 3.05) is 7.11 Å². The summed E-state index contributed by atoms with van der Waals surface area (Å²) in [6, 6.07) is 3.55. The van der Waals surface area contributed by atoms with Gasteiger partial charge in [-0.1, -0.05) is 6.07 Å². The molecule has 0 spiro atoms. The number of hydrogen-bond donors (Lipinski definition) is 1. The van der Waals surface area contributed by atoms with Crippen molar-refractivity contribution in [3.8, 4) is 0 Å². The van der Waals surface area contributed by atoms with Crippen molar-refractivity contribution < 1.29 is 18.7 Å². The van der Waals surface area contributed by atoms with Gasteiger partial charge in [-0.3, -0.25) is 4.79 Å². The molecule has 1 amide bonds. The van der Waals surface area contributed by atoms with Crippen molar-refractivity contribution in [2.24, 2.45) is 5.10 Å². The molecule has 3 rings (SSSR count). The first-order valence-electron chi connectivity index (χ1n) is 7.23. The predicted molar refractivity (Wildman–Crippen MR) is 86.0 cm³/mol. The minimum Gasteiger partial charge on any atom is -0.463 e. The van der Waals surface area contributed by atoms with Crippen molar-refractivity contribution in [3.63, 3.8) is 0 Å². The highest BCUT2D eigenvalue weighted by molar-refractivity contribution is 7.12. The summed E-state index contributed by atoms with van der Waals surface area (Å²) in [6.07, 6.45) is 2.32. The van der Waals surface area contributed by atoms with Gasteiger partial charge in [-0.2, -0.15) is 5.10 Å². The van der Waals surface area contributed by atoms with Crippen LogP contribution < -0.4 is 5.43 Å². The molecule has 120 valence electrons. The molecular weight excluding hydrogens is 316 g/mol. The van der Waals surface area contributed by atoms with Crippen LogP contribution in [0.1, 0.15) is 50.0 Å². The van der Waals surface area contributed by atoms with E-state index in [1.165, 1.54) is 18.4 Å². The number of nitrogens with one attached hydrogen (secondary N) is 1. The van der Waals surface area contributed by atoms with E-state index in [0.717, 1.165) is 36.3 Å². The first kappa shape index (κ1) is 15.5. The third kappa shape index (κ3) is 2.92. The Balaban J connectivity index is 1.89. The Hall–Kier alpha value is -2.41. The summed E-state index contributed by atoms with van der Waals surface area (Å²) in [6.45, 7) is 1.80. The van der Waals surface area contributed by atoms with E-state index in [-0.39, 0.29) is 11.7 Å². The zero-order chi connectivity index (χ0) is 16.4. The fourth-order valence-electron chi connectivity index (χ4n) is 2.65. The molecule has 2 aromatic heterocycles. The van der Waals surface area contributed by atoms with Gasteiger partial charge in [0.25, 0.3) is 5.91 Å². The van der Waals surface area contributed by atoms with Crippen LogP contribution in [-0.2, 0) is 11.2 Å². The van der Waals surface area contributed by atoms with Crippen LogP contribution in [0.25, 0.3) is 0 Å². The summed E-state index contributed by atoms with van der Waals surface area (Å²) < 4.78 is 10.4. The quantitative estimate of drug-likeness (QED) is 0.692. The van der Waals surface area contributed by atoms with Crippen LogP contribution in [0.5, 0.6) is 0 Å². The second-order valence-electron chi connectivity index (χ2n) is 5.18. The Morgan fingerprint density at radius 2 is 2.22 bits per heavy atom. The smallest absolute Gasteiger partial charge is 0.374 e. The summed E-state index contributed by atoms with van der Waals surface area (Å²) in [5.74, 6) is 0.183. The lowest BCUT2D eigenvalue weighted by molar-refractivity contribution is 0.0561. The normalized spacial score (nSPS) is 15.3. The molecule has 0 radical (unpaired) electrons. The van der Waals surface area contributed by atoms with Gasteiger partial charge < -0.3 is 9.15 Å². The van der Waals surface area contributed by atoms with E-state index in [1.54, 1.807) is 13.0 Å². The van der Waals surface area contributed by atoms with Crippen molar-refractivity contribution >= 4 is 28.9 Å². The molecule has 0 saturated carbocycles. The third-order valence-corrected chi connectivity index (χ3v) is 4.60. The van der Waals surface area contributed by atoms with Crippen LogP contribution in [0.3, 0.4) is 0 Å². The van der Waals surface area contributed by atoms with Crippen molar-refractivity contribution in [1.29, 1.82) is 0 Å². The number of hydrogen-bond acceptors (Lipinski definition) is 6. The molecular formula is C16H16N2O4S. The Bertz CT molecular complexity index is 774. The van der Waals surface area contributed by atoms with Gasteiger partial charge in [0.15, 0.2) is 0 Å². The zero-order valence-electron chi connectivity index (χ0n) is 12.8. The van der Waals surface area contributed by atoms with Gasteiger partial charge in [-0.15, -0.1) is 11.3 Å². The van der Waals surface area contributed by atoms with Gasteiger partial charge in [0.2, 0.25) is 5.76 Å².